The number of para-hydroxylation sites is 2. The summed E-state index contributed by atoms with van der Waals surface area (Å²) < 4.78 is 7.96. The van der Waals surface area contributed by atoms with Gasteiger partial charge in [0.2, 0.25) is 0 Å². The number of nitrogens with zero attached hydrogens (tertiary/aromatic N) is 2. The molecule has 0 saturated heterocycles. The van der Waals surface area contributed by atoms with Crippen molar-refractivity contribution in [2.24, 2.45) is 10.9 Å². The number of furan rings is 1. The van der Waals surface area contributed by atoms with Crippen LogP contribution in [-0.4, -0.2) is 24.0 Å². The Morgan fingerprint density at radius 3 is 2.09 bits per heavy atom. The molecule has 1 aliphatic heterocycles. The molecule has 3 nitrogen and oxygen atoms in total. The SMILES string of the molecule is CC(C)Cc1cc(-c2[c-]cccc2)nc[c]1[Ge]([CH3])([CH3])[CH3].CC(C)c1cccc(C(C)C)c1C1C(c2[c-]ccc3c2oc2ccccc23)=Nc2ccccc21.[Ir]. The summed E-state index contributed by atoms with van der Waals surface area (Å²) in [6, 6.07) is 44.9. The summed E-state index contributed by atoms with van der Waals surface area (Å²) in [5.41, 5.74) is 13.9. The molecule has 0 bridgehead atoms. The molecule has 0 amide bonds. The number of aromatic nitrogens is 1. The van der Waals surface area contributed by atoms with Crippen LogP contribution in [0.1, 0.15) is 92.7 Å². The van der Waals surface area contributed by atoms with E-state index < -0.39 is 13.3 Å². The minimum absolute atomic E-state index is 0. The maximum absolute atomic E-state index is 6.42. The van der Waals surface area contributed by atoms with E-state index in [0.717, 1.165) is 56.6 Å². The first kappa shape index (κ1) is 40.6. The normalized spacial score (nSPS) is 13.9. The van der Waals surface area contributed by atoms with E-state index in [0.29, 0.717) is 17.8 Å². The molecule has 1 radical (unpaired) electrons. The van der Waals surface area contributed by atoms with Gasteiger partial charge >= 0.3 is 126 Å². The van der Waals surface area contributed by atoms with Crippen molar-refractivity contribution < 1.29 is 24.5 Å². The zero-order valence-corrected chi connectivity index (χ0v) is 38.1. The van der Waals surface area contributed by atoms with Crippen LogP contribution in [0.3, 0.4) is 0 Å². The van der Waals surface area contributed by atoms with Crippen LogP contribution in [0.4, 0.5) is 5.69 Å². The maximum atomic E-state index is 6.42. The largest absolute Gasteiger partial charge is 0.501 e. The first-order valence-corrected chi connectivity index (χ1v) is 26.9. The van der Waals surface area contributed by atoms with Gasteiger partial charge in [0.05, 0.1) is 11.3 Å². The van der Waals surface area contributed by atoms with Gasteiger partial charge in [-0.05, 0) is 51.9 Å². The molecule has 0 fully saturated rings. The van der Waals surface area contributed by atoms with Crippen molar-refractivity contribution in [3.63, 3.8) is 0 Å². The van der Waals surface area contributed by atoms with Gasteiger partial charge in [-0.25, -0.2) is 0 Å². The van der Waals surface area contributed by atoms with E-state index in [-0.39, 0.29) is 26.0 Å². The van der Waals surface area contributed by atoms with Crippen molar-refractivity contribution in [3.05, 3.63) is 161 Å². The van der Waals surface area contributed by atoms with Gasteiger partial charge < -0.3 is 4.42 Å². The smallest absolute Gasteiger partial charge is 0.120 e. The van der Waals surface area contributed by atoms with Crippen LogP contribution in [-0.2, 0) is 26.5 Å². The van der Waals surface area contributed by atoms with E-state index in [4.69, 9.17) is 14.4 Å². The fourth-order valence-electron chi connectivity index (χ4n) is 7.97. The predicted molar refractivity (Wildman–Crippen MR) is 232 cm³/mol. The van der Waals surface area contributed by atoms with Crippen molar-refractivity contribution in [2.75, 3.05) is 0 Å². The van der Waals surface area contributed by atoms with Crippen LogP contribution in [0.2, 0.25) is 17.3 Å². The third-order valence-corrected chi connectivity index (χ3v) is 14.8. The van der Waals surface area contributed by atoms with Crippen LogP contribution in [0, 0.1) is 18.1 Å². The predicted octanol–water partition coefficient (Wildman–Crippen LogP) is 13.2. The molecule has 5 aromatic carbocycles. The number of rotatable bonds is 8. The van der Waals surface area contributed by atoms with Gasteiger partial charge in [-0.15, -0.1) is 18.2 Å². The zero-order valence-electron chi connectivity index (χ0n) is 33.6. The van der Waals surface area contributed by atoms with Gasteiger partial charge in [0.15, 0.2) is 0 Å². The minimum atomic E-state index is -1.86. The van der Waals surface area contributed by atoms with E-state index in [1.165, 1.54) is 27.8 Å². The van der Waals surface area contributed by atoms with Crippen molar-refractivity contribution in [2.45, 2.75) is 83.0 Å². The fourth-order valence-corrected chi connectivity index (χ4v) is 11.3. The molecule has 0 N–H and O–H groups in total. The third-order valence-electron chi connectivity index (χ3n) is 10.5. The second-order valence-corrected chi connectivity index (χ2v) is 27.3. The monoisotopic (exact) mass is 963 g/mol. The van der Waals surface area contributed by atoms with Gasteiger partial charge in [0.25, 0.3) is 0 Å². The van der Waals surface area contributed by atoms with Crippen LogP contribution in [0.25, 0.3) is 33.2 Å². The van der Waals surface area contributed by atoms with Crippen LogP contribution >= 0.6 is 0 Å². The molecule has 8 rings (SSSR count). The average Bonchev–Trinajstić information content (AvgIpc) is 3.73. The second kappa shape index (κ2) is 17.0. The summed E-state index contributed by atoms with van der Waals surface area (Å²) in [4.78, 5) is 9.93. The molecule has 0 saturated carbocycles. The molecular weight excluding hydrogens is 909 g/mol. The Labute approximate surface area is 344 Å². The summed E-state index contributed by atoms with van der Waals surface area (Å²) in [6.07, 6.45) is 3.27. The number of aliphatic imine (C=N–C) groups is 1. The van der Waals surface area contributed by atoms with Gasteiger partial charge in [-0.1, -0.05) is 93.2 Å². The molecule has 7 aromatic rings. The van der Waals surface area contributed by atoms with E-state index in [2.05, 4.69) is 150 Å². The number of benzene rings is 5. The summed E-state index contributed by atoms with van der Waals surface area (Å²) in [7, 11) is 0. The topological polar surface area (TPSA) is 38.4 Å². The van der Waals surface area contributed by atoms with Gasteiger partial charge in [-0.3, -0.25) is 4.99 Å². The number of hydrogen-bond acceptors (Lipinski definition) is 3. The molecule has 283 valence electrons. The zero-order chi connectivity index (χ0) is 38.1. The third kappa shape index (κ3) is 8.38. The average molecular weight is 962 g/mol. The summed E-state index contributed by atoms with van der Waals surface area (Å²) in [6.45, 7) is 13.7. The Balaban J connectivity index is 0.000000211. The number of pyridine rings is 1. The van der Waals surface area contributed by atoms with Crippen molar-refractivity contribution in [1.82, 2.24) is 4.98 Å². The molecule has 5 heteroatoms. The Morgan fingerprint density at radius 2 is 1.42 bits per heavy atom. The summed E-state index contributed by atoms with van der Waals surface area (Å²) in [5, 5.41) is 2.24. The van der Waals surface area contributed by atoms with Crippen LogP contribution < -0.4 is 4.40 Å². The molecule has 1 unspecified atom stereocenters. The van der Waals surface area contributed by atoms with Crippen molar-refractivity contribution >= 4 is 51.0 Å². The van der Waals surface area contributed by atoms with Gasteiger partial charge in [0, 0.05) is 31.4 Å². The Hall–Kier alpha value is -4.09. The quantitative estimate of drug-likeness (QED) is 0.112. The van der Waals surface area contributed by atoms with Crippen molar-refractivity contribution in [3.8, 4) is 11.3 Å². The van der Waals surface area contributed by atoms with Gasteiger partial charge in [0.1, 0.15) is 5.58 Å². The number of fused-ring (bicyclic) bond motifs is 4. The second-order valence-electron chi connectivity index (χ2n) is 16.7. The molecule has 0 aliphatic carbocycles. The molecule has 2 aromatic heterocycles. The van der Waals surface area contributed by atoms with Crippen LogP contribution in [0.15, 0.2) is 125 Å². The van der Waals surface area contributed by atoms with Crippen molar-refractivity contribution in [1.29, 1.82) is 0 Å². The molecular formula is C50H52GeIrN2O-2. The van der Waals surface area contributed by atoms with E-state index in [1.54, 1.807) is 4.40 Å². The number of hydrogen-bond donors (Lipinski definition) is 0. The Morgan fingerprint density at radius 1 is 0.727 bits per heavy atom. The summed E-state index contributed by atoms with van der Waals surface area (Å²) in [5.74, 6) is 8.86. The molecule has 55 heavy (non-hydrogen) atoms. The standard InChI is InChI=1S/C32H28NO.C18H24GeN.Ir/c1-19(2)21-13-9-14-22(20(3)4)29(21)30-25-12-5-7-17-27(25)33-31(30)26-16-10-15-24-23-11-6-8-18-28(23)34-32(24)26;1-14(2)11-16-12-18(15-9-7-6-8-10-15)20-13-17(16)19(3,4)5;/h5-15,17-20,30H,1-4H3;6-9,12-14H,11H2,1-5H3;/q2*-1;. The minimum Gasteiger partial charge on any atom is -0.501 e. The Kier molecular flexibility index (Phi) is 12.5. The van der Waals surface area contributed by atoms with Crippen LogP contribution in [0.5, 0.6) is 0 Å². The van der Waals surface area contributed by atoms with E-state index in [9.17, 15) is 0 Å². The molecule has 1 atom stereocenters. The molecule has 0 spiro atoms. The molecule has 3 heterocycles. The molecule has 1 aliphatic rings. The fraction of sp³-hybridized carbons (Fsp3) is 0.280. The maximum Gasteiger partial charge on any atom is 0.120 e. The first-order chi connectivity index (χ1) is 25.9. The first-order valence-electron chi connectivity index (χ1n) is 19.5. The van der Waals surface area contributed by atoms with E-state index in [1.807, 2.05) is 36.4 Å². The van der Waals surface area contributed by atoms with Gasteiger partial charge in [-0.2, -0.15) is 0 Å². The Bertz CT molecular complexity index is 2430. The summed E-state index contributed by atoms with van der Waals surface area (Å²) >= 11 is -1.86. The van der Waals surface area contributed by atoms with E-state index >= 15 is 0 Å².